The average molecular weight is 357 g/mol. The van der Waals surface area contributed by atoms with Crippen molar-refractivity contribution in [2.45, 2.75) is 19.3 Å². The smallest absolute Gasteiger partial charge is 0.133 e. The third-order valence-electron chi connectivity index (χ3n) is 5.22. The van der Waals surface area contributed by atoms with E-state index in [1.165, 1.54) is 28.5 Å². The molecule has 0 spiro atoms. The Hall–Kier alpha value is -3.14. The number of halogens is 1. The van der Waals surface area contributed by atoms with Gasteiger partial charge >= 0.3 is 0 Å². The highest BCUT2D eigenvalue weighted by Gasteiger charge is 2.21. The lowest BCUT2D eigenvalue weighted by Gasteiger charge is -2.09. The van der Waals surface area contributed by atoms with Crippen LogP contribution < -0.4 is 5.32 Å². The zero-order valence-corrected chi connectivity index (χ0v) is 15.0. The van der Waals surface area contributed by atoms with Crippen LogP contribution in [-0.4, -0.2) is 16.3 Å². The van der Waals surface area contributed by atoms with Crippen LogP contribution in [0.3, 0.4) is 0 Å². The molecule has 0 saturated carbocycles. The monoisotopic (exact) mass is 357 g/mol. The van der Waals surface area contributed by atoms with Crippen molar-refractivity contribution < 1.29 is 4.39 Å². The third kappa shape index (κ3) is 2.87. The van der Waals surface area contributed by atoms with Crippen molar-refractivity contribution in [3.63, 3.8) is 0 Å². The van der Waals surface area contributed by atoms with Crippen LogP contribution in [0.1, 0.15) is 18.4 Å². The first kappa shape index (κ1) is 16.1. The molecule has 2 heterocycles. The lowest BCUT2D eigenvalue weighted by Crippen LogP contribution is -2.07. The molecular formula is C23H20FN3. The highest BCUT2D eigenvalue weighted by molar-refractivity contribution is 5.87. The fourth-order valence-corrected chi connectivity index (χ4v) is 3.84. The van der Waals surface area contributed by atoms with Crippen LogP contribution in [0.15, 0.2) is 66.7 Å². The Bertz CT molecular complexity index is 1110. The van der Waals surface area contributed by atoms with E-state index in [0.717, 1.165) is 48.6 Å². The number of hydrogen-bond acceptors (Lipinski definition) is 2. The van der Waals surface area contributed by atoms with Crippen LogP contribution in [0.2, 0.25) is 0 Å². The minimum Gasteiger partial charge on any atom is -0.370 e. The minimum absolute atomic E-state index is 0.236. The van der Waals surface area contributed by atoms with Gasteiger partial charge in [0.05, 0.1) is 11.4 Å². The standard InChI is InChI=1S/C23H20FN3/c24-19-10-12-20(13-11-19)27-23-21(7-3-4-14-25-23)22(26-27)18-9-8-16-5-1-2-6-17(16)15-18/h1-2,5-6,8-13,15,25H,3-4,7,14H2. The van der Waals surface area contributed by atoms with Gasteiger partial charge in [-0.25, -0.2) is 9.07 Å². The number of nitrogens with one attached hydrogen (secondary N) is 1. The molecule has 4 heteroatoms. The molecule has 27 heavy (non-hydrogen) atoms. The molecule has 1 aliphatic heterocycles. The summed E-state index contributed by atoms with van der Waals surface area (Å²) in [6.45, 7) is 0.928. The summed E-state index contributed by atoms with van der Waals surface area (Å²) in [6, 6.07) is 21.4. The molecule has 0 radical (unpaired) electrons. The van der Waals surface area contributed by atoms with Gasteiger partial charge in [0.2, 0.25) is 0 Å². The molecule has 1 aliphatic rings. The first-order valence-electron chi connectivity index (χ1n) is 9.40. The van der Waals surface area contributed by atoms with Gasteiger partial charge in [-0.3, -0.25) is 0 Å². The van der Waals surface area contributed by atoms with E-state index in [0.29, 0.717) is 0 Å². The number of hydrogen-bond donors (Lipinski definition) is 1. The Kier molecular flexibility index (Phi) is 3.89. The lowest BCUT2D eigenvalue weighted by atomic mass is 10.0. The summed E-state index contributed by atoms with van der Waals surface area (Å²) in [7, 11) is 0. The molecule has 0 atom stereocenters. The van der Waals surface area contributed by atoms with Crippen molar-refractivity contribution in [1.29, 1.82) is 0 Å². The molecule has 0 aliphatic carbocycles. The van der Waals surface area contributed by atoms with Gasteiger partial charge in [-0.05, 0) is 60.4 Å². The maximum Gasteiger partial charge on any atom is 0.133 e. The average Bonchev–Trinajstić information content (AvgIpc) is 2.89. The fraction of sp³-hybridized carbons (Fsp3) is 0.174. The van der Waals surface area contributed by atoms with Gasteiger partial charge in [0, 0.05) is 17.7 Å². The summed E-state index contributed by atoms with van der Waals surface area (Å²) in [5.41, 5.74) is 4.24. The minimum atomic E-state index is -0.236. The molecule has 3 aromatic carbocycles. The van der Waals surface area contributed by atoms with Gasteiger partial charge in [-0.15, -0.1) is 0 Å². The van der Waals surface area contributed by atoms with Crippen LogP contribution in [0, 0.1) is 5.82 Å². The summed E-state index contributed by atoms with van der Waals surface area (Å²) in [5.74, 6) is 0.793. The van der Waals surface area contributed by atoms with E-state index in [1.807, 2.05) is 4.68 Å². The summed E-state index contributed by atoms with van der Waals surface area (Å²) in [4.78, 5) is 0. The van der Waals surface area contributed by atoms with Crippen molar-refractivity contribution in [3.8, 4) is 16.9 Å². The van der Waals surface area contributed by atoms with E-state index < -0.39 is 0 Å². The molecule has 5 rings (SSSR count). The predicted octanol–water partition coefficient (Wildman–Crippen LogP) is 5.58. The Morgan fingerprint density at radius 1 is 0.889 bits per heavy atom. The Morgan fingerprint density at radius 3 is 2.56 bits per heavy atom. The second kappa shape index (κ2) is 6.54. The molecule has 0 amide bonds. The van der Waals surface area contributed by atoms with Crippen LogP contribution in [0.4, 0.5) is 10.2 Å². The maximum absolute atomic E-state index is 13.4. The molecule has 0 bridgehead atoms. The van der Waals surface area contributed by atoms with Crippen molar-refractivity contribution in [2.75, 3.05) is 11.9 Å². The van der Waals surface area contributed by atoms with Gasteiger partial charge in [0.1, 0.15) is 11.6 Å². The Morgan fingerprint density at radius 2 is 1.70 bits per heavy atom. The van der Waals surface area contributed by atoms with Gasteiger partial charge in [0.15, 0.2) is 0 Å². The number of aromatic nitrogens is 2. The molecule has 0 saturated heterocycles. The van der Waals surface area contributed by atoms with E-state index >= 15 is 0 Å². The van der Waals surface area contributed by atoms with Crippen LogP contribution >= 0.6 is 0 Å². The van der Waals surface area contributed by atoms with Crippen molar-refractivity contribution >= 4 is 16.6 Å². The van der Waals surface area contributed by atoms with Crippen molar-refractivity contribution in [2.24, 2.45) is 0 Å². The van der Waals surface area contributed by atoms with Crippen molar-refractivity contribution in [3.05, 3.63) is 78.1 Å². The van der Waals surface area contributed by atoms with Gasteiger partial charge in [-0.2, -0.15) is 5.10 Å². The Balaban J connectivity index is 1.70. The first-order chi connectivity index (χ1) is 13.3. The summed E-state index contributed by atoms with van der Waals surface area (Å²) in [6.07, 6.45) is 3.26. The SMILES string of the molecule is Fc1ccc(-n2nc(-c3ccc4ccccc4c3)c3c2NCCCC3)cc1. The number of rotatable bonds is 2. The number of benzene rings is 3. The van der Waals surface area contributed by atoms with E-state index in [1.54, 1.807) is 12.1 Å². The molecule has 0 unspecified atom stereocenters. The van der Waals surface area contributed by atoms with E-state index in [-0.39, 0.29) is 5.82 Å². The van der Waals surface area contributed by atoms with E-state index in [2.05, 4.69) is 47.8 Å². The highest BCUT2D eigenvalue weighted by atomic mass is 19.1. The largest absolute Gasteiger partial charge is 0.370 e. The zero-order valence-electron chi connectivity index (χ0n) is 15.0. The third-order valence-corrected chi connectivity index (χ3v) is 5.22. The second-order valence-corrected chi connectivity index (χ2v) is 7.01. The first-order valence-corrected chi connectivity index (χ1v) is 9.40. The lowest BCUT2D eigenvalue weighted by molar-refractivity contribution is 0.627. The zero-order chi connectivity index (χ0) is 18.2. The topological polar surface area (TPSA) is 29.9 Å². The summed E-state index contributed by atoms with van der Waals surface area (Å²) >= 11 is 0. The van der Waals surface area contributed by atoms with Crippen LogP contribution in [-0.2, 0) is 6.42 Å². The van der Waals surface area contributed by atoms with Crippen LogP contribution in [0.25, 0.3) is 27.7 Å². The number of nitrogens with zero attached hydrogens (tertiary/aromatic N) is 2. The van der Waals surface area contributed by atoms with Crippen molar-refractivity contribution in [1.82, 2.24) is 9.78 Å². The van der Waals surface area contributed by atoms with Gasteiger partial charge < -0.3 is 5.32 Å². The molecule has 0 fully saturated rings. The highest BCUT2D eigenvalue weighted by Crippen LogP contribution is 2.35. The Labute approximate surface area is 157 Å². The predicted molar refractivity (Wildman–Crippen MR) is 108 cm³/mol. The summed E-state index contributed by atoms with van der Waals surface area (Å²) in [5, 5.41) is 10.9. The fourth-order valence-electron chi connectivity index (χ4n) is 3.84. The normalized spacial score (nSPS) is 13.8. The number of anilines is 1. The van der Waals surface area contributed by atoms with Gasteiger partial charge in [0.25, 0.3) is 0 Å². The molecule has 1 N–H and O–H groups in total. The quantitative estimate of drug-likeness (QED) is 0.507. The molecule has 3 nitrogen and oxygen atoms in total. The van der Waals surface area contributed by atoms with E-state index in [9.17, 15) is 4.39 Å². The summed E-state index contributed by atoms with van der Waals surface area (Å²) < 4.78 is 15.3. The molecule has 4 aromatic rings. The molecule has 134 valence electrons. The maximum atomic E-state index is 13.4. The van der Waals surface area contributed by atoms with Crippen LogP contribution in [0.5, 0.6) is 0 Å². The molecular weight excluding hydrogens is 337 g/mol. The number of fused-ring (bicyclic) bond motifs is 2. The second-order valence-electron chi connectivity index (χ2n) is 7.01. The molecule has 1 aromatic heterocycles. The van der Waals surface area contributed by atoms with Gasteiger partial charge in [-0.1, -0.05) is 36.4 Å². The van der Waals surface area contributed by atoms with E-state index in [4.69, 9.17) is 5.10 Å².